The third-order valence-electron chi connectivity index (χ3n) is 3.72. The van der Waals surface area contributed by atoms with Gasteiger partial charge in [-0.25, -0.2) is 15.0 Å². The molecule has 8 heteroatoms. The quantitative estimate of drug-likeness (QED) is 0.773. The number of nitrogens with one attached hydrogen (secondary N) is 2. The van der Waals surface area contributed by atoms with Crippen molar-refractivity contribution in [1.82, 2.24) is 25.7 Å². The Kier molecular flexibility index (Phi) is 8.03. The number of nitrogens with zero attached hydrogens (tertiary/aromatic N) is 3. The van der Waals surface area contributed by atoms with Gasteiger partial charge in [-0.1, -0.05) is 30.3 Å². The Morgan fingerprint density at radius 3 is 2.25 bits per heavy atom. The number of carbonyl (C=O) groups excluding carboxylic acids is 2. The van der Waals surface area contributed by atoms with Crippen LogP contribution in [0.3, 0.4) is 0 Å². The molecule has 1 saturated heterocycles. The van der Waals surface area contributed by atoms with Gasteiger partial charge in [0.15, 0.2) is 5.82 Å². The Balaban J connectivity index is 0.000000345. The van der Waals surface area contributed by atoms with E-state index in [4.69, 9.17) is 0 Å². The number of carbonyl (C=O) groups is 2. The first-order valence-electron chi connectivity index (χ1n) is 9.14. The summed E-state index contributed by atoms with van der Waals surface area (Å²) >= 11 is 0. The van der Waals surface area contributed by atoms with Crippen molar-refractivity contribution >= 4 is 12.4 Å². The molecule has 150 valence electrons. The van der Waals surface area contributed by atoms with Crippen LogP contribution in [-0.4, -0.2) is 59.1 Å². The summed E-state index contributed by atoms with van der Waals surface area (Å²) in [5, 5.41) is 5.14. The molecule has 2 heterocycles. The third kappa shape index (κ3) is 7.42. The van der Waals surface area contributed by atoms with Crippen LogP contribution in [0.4, 0.5) is 0 Å². The van der Waals surface area contributed by atoms with Crippen molar-refractivity contribution in [3.63, 3.8) is 0 Å². The molecule has 0 aliphatic carbocycles. The highest BCUT2D eigenvalue weighted by Crippen LogP contribution is 2.13. The summed E-state index contributed by atoms with van der Waals surface area (Å²) in [5.41, 5.74) is 3.95. The van der Waals surface area contributed by atoms with Crippen LogP contribution in [0.1, 0.15) is 31.1 Å². The van der Waals surface area contributed by atoms with E-state index in [1.165, 1.54) is 0 Å². The summed E-state index contributed by atoms with van der Waals surface area (Å²) in [4.78, 5) is 30.2. The minimum atomic E-state index is -0.318. The standard InChI is InChI=1S/C15H17N5O.C5H10O2/c21-15(19-20-8-6-16-7-9-20)13-10-17-14(18-11-13)12-4-2-1-3-5-12;1-5(2,3)7-4-6/h1-5,10-11,16H,6-9H2,(H,19,21);4H,1-3H3. The lowest BCUT2D eigenvalue weighted by Gasteiger charge is -2.27. The lowest BCUT2D eigenvalue weighted by atomic mass is 10.2. The van der Waals surface area contributed by atoms with E-state index in [-0.39, 0.29) is 11.5 Å². The molecule has 28 heavy (non-hydrogen) atoms. The van der Waals surface area contributed by atoms with Crippen molar-refractivity contribution < 1.29 is 14.3 Å². The zero-order chi connectivity index (χ0) is 20.4. The number of hydrazine groups is 1. The number of piperazine rings is 1. The van der Waals surface area contributed by atoms with Crippen molar-refractivity contribution in [3.8, 4) is 11.4 Å². The van der Waals surface area contributed by atoms with E-state index in [0.717, 1.165) is 31.7 Å². The summed E-state index contributed by atoms with van der Waals surface area (Å²) in [7, 11) is 0. The molecule has 1 amide bonds. The fraction of sp³-hybridized carbons (Fsp3) is 0.400. The molecule has 1 aliphatic heterocycles. The van der Waals surface area contributed by atoms with E-state index >= 15 is 0 Å². The molecule has 0 unspecified atom stereocenters. The molecule has 2 N–H and O–H groups in total. The zero-order valence-corrected chi connectivity index (χ0v) is 16.5. The number of benzene rings is 1. The Morgan fingerprint density at radius 1 is 1.14 bits per heavy atom. The van der Waals surface area contributed by atoms with Crippen LogP contribution in [0, 0.1) is 0 Å². The molecular formula is C20H27N5O3. The lowest BCUT2D eigenvalue weighted by Crippen LogP contribution is -2.52. The van der Waals surface area contributed by atoms with Crippen molar-refractivity contribution in [1.29, 1.82) is 0 Å². The minimum absolute atomic E-state index is 0.170. The second-order valence-corrected chi connectivity index (χ2v) is 7.17. The Hall–Kier alpha value is -2.84. The van der Waals surface area contributed by atoms with Gasteiger partial charge in [0.25, 0.3) is 12.4 Å². The van der Waals surface area contributed by atoms with Gasteiger partial charge >= 0.3 is 0 Å². The fourth-order valence-electron chi connectivity index (χ4n) is 2.31. The van der Waals surface area contributed by atoms with Gasteiger partial charge in [0.05, 0.1) is 5.56 Å². The van der Waals surface area contributed by atoms with E-state index in [0.29, 0.717) is 17.9 Å². The van der Waals surface area contributed by atoms with Gasteiger partial charge in [0.2, 0.25) is 0 Å². The highest BCUT2D eigenvalue weighted by molar-refractivity contribution is 5.93. The van der Waals surface area contributed by atoms with Gasteiger partial charge in [-0.15, -0.1) is 0 Å². The first-order chi connectivity index (χ1) is 13.4. The minimum Gasteiger partial charge on any atom is -0.462 e. The molecule has 3 rings (SSSR count). The monoisotopic (exact) mass is 385 g/mol. The SMILES string of the molecule is CC(C)(C)OC=O.O=C(NN1CCNCC1)c1cnc(-c2ccccc2)nc1. The molecule has 0 radical (unpaired) electrons. The van der Waals surface area contributed by atoms with Crippen LogP contribution in [0.2, 0.25) is 0 Å². The predicted octanol–water partition coefficient (Wildman–Crippen LogP) is 1.65. The summed E-state index contributed by atoms with van der Waals surface area (Å²) in [6, 6.07) is 9.69. The largest absolute Gasteiger partial charge is 0.462 e. The average molecular weight is 385 g/mol. The van der Waals surface area contributed by atoms with Gasteiger partial charge < -0.3 is 10.1 Å². The molecule has 1 fully saturated rings. The van der Waals surface area contributed by atoms with E-state index < -0.39 is 0 Å². The second kappa shape index (κ2) is 10.5. The lowest BCUT2D eigenvalue weighted by molar-refractivity contribution is -0.138. The van der Waals surface area contributed by atoms with E-state index in [2.05, 4.69) is 25.4 Å². The molecule has 0 atom stereocenters. The summed E-state index contributed by atoms with van der Waals surface area (Å²) in [6.07, 6.45) is 3.12. The smallest absolute Gasteiger partial charge is 0.293 e. The van der Waals surface area contributed by atoms with Crippen molar-refractivity contribution in [3.05, 3.63) is 48.3 Å². The number of amides is 1. The van der Waals surface area contributed by atoms with Gasteiger partial charge in [-0.05, 0) is 20.8 Å². The van der Waals surface area contributed by atoms with E-state index in [9.17, 15) is 9.59 Å². The molecule has 1 aromatic carbocycles. The van der Waals surface area contributed by atoms with Gasteiger partial charge in [0, 0.05) is 44.1 Å². The Bertz CT molecular complexity index is 739. The maximum Gasteiger partial charge on any atom is 0.293 e. The first-order valence-corrected chi connectivity index (χ1v) is 9.14. The fourth-order valence-corrected chi connectivity index (χ4v) is 2.31. The third-order valence-corrected chi connectivity index (χ3v) is 3.72. The summed E-state index contributed by atoms with van der Waals surface area (Å²) < 4.78 is 4.55. The predicted molar refractivity (Wildman–Crippen MR) is 106 cm³/mol. The first kappa shape index (κ1) is 21.5. The Labute approximate surface area is 165 Å². The molecule has 0 saturated carbocycles. The zero-order valence-electron chi connectivity index (χ0n) is 16.5. The van der Waals surface area contributed by atoms with Crippen molar-refractivity contribution in [2.45, 2.75) is 26.4 Å². The Morgan fingerprint density at radius 2 is 1.75 bits per heavy atom. The average Bonchev–Trinajstić information content (AvgIpc) is 2.69. The van der Waals surface area contributed by atoms with Crippen molar-refractivity contribution in [2.75, 3.05) is 26.2 Å². The molecule has 0 spiro atoms. The second-order valence-electron chi connectivity index (χ2n) is 7.17. The summed E-state index contributed by atoms with van der Waals surface area (Å²) in [5.74, 6) is 0.450. The van der Waals surface area contributed by atoms with Gasteiger partial charge in [-0.2, -0.15) is 0 Å². The van der Waals surface area contributed by atoms with Crippen LogP contribution in [0.25, 0.3) is 11.4 Å². The number of rotatable bonds is 4. The maximum absolute atomic E-state index is 12.1. The number of hydrogen-bond donors (Lipinski definition) is 2. The van der Waals surface area contributed by atoms with Crippen LogP contribution in [0.15, 0.2) is 42.7 Å². The van der Waals surface area contributed by atoms with Gasteiger partial charge in [0.1, 0.15) is 5.60 Å². The van der Waals surface area contributed by atoms with Crippen LogP contribution in [0.5, 0.6) is 0 Å². The normalized spacial score (nSPS) is 14.4. The maximum atomic E-state index is 12.1. The highest BCUT2D eigenvalue weighted by atomic mass is 16.5. The van der Waals surface area contributed by atoms with E-state index in [1.807, 2.05) is 56.1 Å². The highest BCUT2D eigenvalue weighted by Gasteiger charge is 2.14. The number of aromatic nitrogens is 2. The number of ether oxygens (including phenoxy) is 1. The topological polar surface area (TPSA) is 96.5 Å². The van der Waals surface area contributed by atoms with Crippen LogP contribution in [-0.2, 0) is 9.53 Å². The van der Waals surface area contributed by atoms with E-state index in [1.54, 1.807) is 12.4 Å². The van der Waals surface area contributed by atoms with Crippen molar-refractivity contribution in [2.24, 2.45) is 0 Å². The molecule has 8 nitrogen and oxygen atoms in total. The molecular weight excluding hydrogens is 358 g/mol. The number of hydrogen-bond acceptors (Lipinski definition) is 7. The molecule has 1 aromatic heterocycles. The van der Waals surface area contributed by atoms with Gasteiger partial charge in [-0.3, -0.25) is 15.0 Å². The molecule has 2 aromatic rings. The van der Waals surface area contributed by atoms with Crippen LogP contribution >= 0.6 is 0 Å². The summed E-state index contributed by atoms with van der Waals surface area (Å²) in [6.45, 7) is 9.28. The molecule has 0 bridgehead atoms. The van der Waals surface area contributed by atoms with Crippen LogP contribution < -0.4 is 10.7 Å². The molecule has 1 aliphatic rings.